The molecule has 1 saturated heterocycles. The lowest BCUT2D eigenvalue weighted by Crippen LogP contribution is -2.63. The normalized spacial score (nSPS) is 27.4. The first-order valence-electron chi connectivity index (χ1n) is 8.70. The second kappa shape index (κ2) is 7.48. The van der Waals surface area contributed by atoms with Crippen LogP contribution in [0.3, 0.4) is 0 Å². The van der Waals surface area contributed by atoms with E-state index in [1.54, 1.807) is 6.07 Å². The van der Waals surface area contributed by atoms with Crippen molar-refractivity contribution in [1.29, 1.82) is 0 Å². The molecular weight excluding hydrogens is 347 g/mol. The molecule has 0 aromatic heterocycles. The lowest BCUT2D eigenvalue weighted by molar-refractivity contribution is -0.150. The molecule has 1 aliphatic carbocycles. The maximum absolute atomic E-state index is 13.7. The summed E-state index contributed by atoms with van der Waals surface area (Å²) < 4.78 is 19.9. The van der Waals surface area contributed by atoms with E-state index in [4.69, 9.17) is 16.3 Å². The Balaban J connectivity index is 1.75. The van der Waals surface area contributed by atoms with Crippen LogP contribution in [0.15, 0.2) is 12.1 Å². The fraction of sp³-hybridized carbons (Fsp3) is 0.611. The van der Waals surface area contributed by atoms with Crippen LogP contribution in [0.2, 0.25) is 5.02 Å². The number of nitrogens with one attached hydrogen (secondary N) is 1. The van der Waals surface area contributed by atoms with E-state index in [0.29, 0.717) is 25.3 Å². The van der Waals surface area contributed by atoms with E-state index in [0.717, 1.165) is 32.2 Å². The van der Waals surface area contributed by atoms with Gasteiger partial charge in [0.25, 0.3) is 0 Å². The summed E-state index contributed by atoms with van der Waals surface area (Å²) in [6.45, 7) is 4.04. The lowest BCUT2D eigenvalue weighted by Gasteiger charge is -2.49. The number of nitrogens with zero attached hydrogens (tertiary/aromatic N) is 1. The third kappa shape index (κ3) is 4.07. The van der Waals surface area contributed by atoms with Gasteiger partial charge in [-0.15, -0.1) is 0 Å². The Morgan fingerprint density at radius 3 is 3.04 bits per heavy atom. The van der Waals surface area contributed by atoms with Crippen LogP contribution < -0.4 is 5.32 Å². The number of rotatable bonds is 3. The number of ether oxygens (including phenoxy) is 1. The monoisotopic (exact) mass is 370 g/mol. The minimum absolute atomic E-state index is 0.00157. The Morgan fingerprint density at radius 1 is 1.52 bits per heavy atom. The SMILES string of the molecule is CC(=O)N[C@@H]1CCCC[C@@]12CN(Cc1cc(F)c(O)c(Cl)c1)CCO2. The van der Waals surface area contributed by atoms with Gasteiger partial charge in [-0.05, 0) is 30.5 Å². The zero-order chi connectivity index (χ0) is 18.0. The molecule has 0 radical (unpaired) electrons. The third-order valence-electron chi connectivity index (χ3n) is 5.13. The van der Waals surface area contributed by atoms with Crippen molar-refractivity contribution in [2.75, 3.05) is 19.7 Å². The number of hydrogen-bond donors (Lipinski definition) is 2. The quantitative estimate of drug-likeness (QED) is 0.858. The van der Waals surface area contributed by atoms with Crippen LogP contribution in [-0.4, -0.2) is 47.3 Å². The van der Waals surface area contributed by atoms with Gasteiger partial charge >= 0.3 is 0 Å². The van der Waals surface area contributed by atoms with Gasteiger partial charge in [-0.1, -0.05) is 24.4 Å². The molecule has 2 fully saturated rings. The molecular formula is C18H24ClFN2O3. The van der Waals surface area contributed by atoms with Gasteiger partial charge in [0, 0.05) is 26.6 Å². The molecule has 3 rings (SSSR count). The number of benzene rings is 1. The summed E-state index contributed by atoms with van der Waals surface area (Å²) >= 11 is 5.88. The molecule has 1 aliphatic heterocycles. The van der Waals surface area contributed by atoms with Gasteiger partial charge < -0.3 is 15.2 Å². The standard InChI is InChI=1S/C18H24ClFN2O3/c1-12(23)21-16-4-2-3-5-18(16)11-22(6-7-25-18)10-13-8-14(19)17(24)15(20)9-13/h8-9,16,24H,2-7,10-11H2,1H3,(H,21,23)/t16-,18-/m1/s1. The van der Waals surface area contributed by atoms with Crippen LogP contribution in [0.1, 0.15) is 38.2 Å². The largest absolute Gasteiger partial charge is 0.504 e. The second-order valence-electron chi connectivity index (χ2n) is 7.03. The number of phenols is 1. The summed E-state index contributed by atoms with van der Waals surface area (Å²) in [5.41, 5.74) is 0.325. The number of carbonyl (C=O) groups is 1. The van der Waals surface area contributed by atoms with Crippen molar-refractivity contribution in [3.05, 3.63) is 28.5 Å². The first kappa shape index (κ1) is 18.4. The van der Waals surface area contributed by atoms with Crippen molar-refractivity contribution >= 4 is 17.5 Å². The Hall–Kier alpha value is -1.37. The molecule has 1 aromatic rings. The van der Waals surface area contributed by atoms with E-state index in [2.05, 4.69) is 10.2 Å². The van der Waals surface area contributed by atoms with Crippen LogP contribution in [0.4, 0.5) is 4.39 Å². The van der Waals surface area contributed by atoms with Gasteiger partial charge in [0.15, 0.2) is 11.6 Å². The number of morpholine rings is 1. The van der Waals surface area contributed by atoms with Crippen molar-refractivity contribution in [3.8, 4) is 5.75 Å². The fourth-order valence-electron chi connectivity index (χ4n) is 4.00. The molecule has 0 unspecified atom stereocenters. The van der Waals surface area contributed by atoms with Crippen molar-refractivity contribution in [2.24, 2.45) is 0 Å². The molecule has 2 aliphatic rings. The topological polar surface area (TPSA) is 61.8 Å². The fourth-order valence-corrected chi connectivity index (χ4v) is 4.24. The third-order valence-corrected chi connectivity index (χ3v) is 5.41. The molecule has 2 N–H and O–H groups in total. The maximum Gasteiger partial charge on any atom is 0.217 e. The van der Waals surface area contributed by atoms with Gasteiger partial charge in [0.2, 0.25) is 5.91 Å². The molecule has 1 aromatic carbocycles. The molecule has 7 heteroatoms. The average molecular weight is 371 g/mol. The Labute approximate surface area is 152 Å². The molecule has 0 bridgehead atoms. The maximum atomic E-state index is 13.7. The number of carbonyl (C=O) groups excluding carboxylic acids is 1. The molecule has 5 nitrogen and oxygen atoms in total. The summed E-state index contributed by atoms with van der Waals surface area (Å²) in [7, 11) is 0. The Morgan fingerprint density at radius 2 is 2.32 bits per heavy atom. The number of hydrogen-bond acceptors (Lipinski definition) is 4. The highest BCUT2D eigenvalue weighted by atomic mass is 35.5. The molecule has 25 heavy (non-hydrogen) atoms. The lowest BCUT2D eigenvalue weighted by atomic mass is 9.78. The summed E-state index contributed by atoms with van der Waals surface area (Å²) in [6, 6.07) is 2.91. The van der Waals surface area contributed by atoms with Crippen LogP contribution >= 0.6 is 11.6 Å². The first-order valence-corrected chi connectivity index (χ1v) is 9.08. The molecule has 1 spiro atoms. The number of halogens is 2. The predicted octanol–water partition coefficient (Wildman–Crippen LogP) is 2.83. The van der Waals surface area contributed by atoms with Crippen LogP contribution in [0.5, 0.6) is 5.75 Å². The highest BCUT2D eigenvalue weighted by Crippen LogP contribution is 2.36. The highest BCUT2D eigenvalue weighted by Gasteiger charge is 2.45. The summed E-state index contributed by atoms with van der Waals surface area (Å²) in [5.74, 6) is -1.26. The smallest absolute Gasteiger partial charge is 0.217 e. The van der Waals surface area contributed by atoms with Crippen LogP contribution in [-0.2, 0) is 16.1 Å². The molecule has 1 amide bonds. The number of phenolic OH excluding ortho intramolecular Hbond substituents is 1. The van der Waals surface area contributed by atoms with E-state index in [-0.39, 0.29) is 22.6 Å². The second-order valence-corrected chi connectivity index (χ2v) is 7.44. The van der Waals surface area contributed by atoms with E-state index in [9.17, 15) is 14.3 Å². The zero-order valence-corrected chi connectivity index (χ0v) is 15.1. The van der Waals surface area contributed by atoms with Gasteiger partial charge in [0.1, 0.15) is 5.60 Å². The van der Waals surface area contributed by atoms with Crippen molar-refractivity contribution in [2.45, 2.75) is 50.8 Å². The van der Waals surface area contributed by atoms with Gasteiger partial charge in [0.05, 0.1) is 17.7 Å². The van der Waals surface area contributed by atoms with E-state index in [1.807, 2.05) is 0 Å². The molecule has 1 saturated carbocycles. The first-order chi connectivity index (χ1) is 11.9. The van der Waals surface area contributed by atoms with E-state index >= 15 is 0 Å². The Bertz CT molecular complexity index is 630. The average Bonchev–Trinajstić information content (AvgIpc) is 2.55. The minimum atomic E-state index is -0.709. The van der Waals surface area contributed by atoms with Crippen LogP contribution in [0, 0.1) is 5.82 Å². The van der Waals surface area contributed by atoms with Crippen LogP contribution in [0.25, 0.3) is 0 Å². The van der Waals surface area contributed by atoms with Gasteiger partial charge in [-0.3, -0.25) is 9.69 Å². The van der Waals surface area contributed by atoms with Crippen molar-refractivity contribution < 1.29 is 19.0 Å². The number of amides is 1. The highest BCUT2D eigenvalue weighted by molar-refractivity contribution is 6.32. The summed E-state index contributed by atoms with van der Waals surface area (Å²) in [6.07, 6.45) is 3.96. The Kier molecular flexibility index (Phi) is 5.51. The molecule has 1 heterocycles. The van der Waals surface area contributed by atoms with E-state index < -0.39 is 11.6 Å². The predicted molar refractivity (Wildman–Crippen MR) is 93.1 cm³/mol. The van der Waals surface area contributed by atoms with E-state index in [1.165, 1.54) is 13.0 Å². The summed E-state index contributed by atoms with van der Waals surface area (Å²) in [5, 5.41) is 12.5. The summed E-state index contributed by atoms with van der Waals surface area (Å²) in [4.78, 5) is 13.8. The molecule has 138 valence electrons. The van der Waals surface area contributed by atoms with Crippen molar-refractivity contribution in [3.63, 3.8) is 0 Å². The zero-order valence-electron chi connectivity index (χ0n) is 14.4. The van der Waals surface area contributed by atoms with Gasteiger partial charge in [-0.25, -0.2) is 4.39 Å². The van der Waals surface area contributed by atoms with Crippen molar-refractivity contribution in [1.82, 2.24) is 10.2 Å². The molecule has 2 atom stereocenters. The number of aromatic hydroxyl groups is 1. The minimum Gasteiger partial charge on any atom is -0.504 e. The van der Waals surface area contributed by atoms with Gasteiger partial charge in [-0.2, -0.15) is 0 Å².